The van der Waals surface area contributed by atoms with Crippen LogP contribution in [0.2, 0.25) is 0 Å². The van der Waals surface area contributed by atoms with Crippen molar-refractivity contribution in [2.75, 3.05) is 5.32 Å². The summed E-state index contributed by atoms with van der Waals surface area (Å²) in [5.41, 5.74) is 1.23. The van der Waals surface area contributed by atoms with Gasteiger partial charge < -0.3 is 10.4 Å². The maximum Gasteiger partial charge on any atom is 0.335 e. The van der Waals surface area contributed by atoms with Crippen molar-refractivity contribution in [1.82, 2.24) is 0 Å². The Morgan fingerprint density at radius 2 is 1.52 bits per heavy atom. The van der Waals surface area contributed by atoms with Gasteiger partial charge in [0.1, 0.15) is 5.82 Å². The summed E-state index contributed by atoms with van der Waals surface area (Å²) in [6.07, 6.45) is 2.76. The van der Waals surface area contributed by atoms with Gasteiger partial charge in [0.15, 0.2) is 5.78 Å². The van der Waals surface area contributed by atoms with Gasteiger partial charge in [-0.25, -0.2) is 9.18 Å². The Labute approximate surface area is 120 Å². The highest BCUT2D eigenvalue weighted by molar-refractivity contribution is 6.04. The summed E-state index contributed by atoms with van der Waals surface area (Å²) < 4.78 is 12.7. The van der Waals surface area contributed by atoms with Crippen molar-refractivity contribution in [2.45, 2.75) is 0 Å². The number of carboxylic acid groups (broad SMARTS) is 1. The third kappa shape index (κ3) is 4.01. The van der Waals surface area contributed by atoms with Gasteiger partial charge in [0, 0.05) is 23.5 Å². The summed E-state index contributed by atoms with van der Waals surface area (Å²) >= 11 is 0. The molecule has 0 saturated carbocycles. The zero-order chi connectivity index (χ0) is 15.2. The molecule has 0 heterocycles. The molecular weight excluding hydrogens is 273 g/mol. The molecule has 0 fully saturated rings. The number of anilines is 1. The topological polar surface area (TPSA) is 66.4 Å². The van der Waals surface area contributed by atoms with Gasteiger partial charge >= 0.3 is 5.97 Å². The van der Waals surface area contributed by atoms with Crippen LogP contribution in [-0.2, 0) is 0 Å². The number of aromatic carboxylic acids is 1. The summed E-state index contributed by atoms with van der Waals surface area (Å²) in [5, 5.41) is 11.6. The average Bonchev–Trinajstić information content (AvgIpc) is 2.48. The molecule has 0 unspecified atom stereocenters. The Balaban J connectivity index is 1.97. The second-order valence-electron chi connectivity index (χ2n) is 4.23. The first-order valence-corrected chi connectivity index (χ1v) is 6.12. The van der Waals surface area contributed by atoms with E-state index in [9.17, 15) is 14.0 Å². The number of benzene rings is 2. The molecule has 0 aliphatic carbocycles. The highest BCUT2D eigenvalue weighted by atomic mass is 19.1. The van der Waals surface area contributed by atoms with Crippen molar-refractivity contribution in [3.8, 4) is 0 Å². The lowest BCUT2D eigenvalue weighted by molar-refractivity contribution is 0.0696. The lowest BCUT2D eigenvalue weighted by Gasteiger charge is -2.01. The Morgan fingerprint density at radius 1 is 0.952 bits per heavy atom. The van der Waals surface area contributed by atoms with E-state index in [1.54, 1.807) is 12.1 Å². The lowest BCUT2D eigenvalue weighted by Crippen LogP contribution is -1.98. The standard InChI is InChI=1S/C16H12FNO3/c17-13-5-1-11(2-6-13)15(19)9-10-18-14-7-3-12(4-8-14)16(20)21/h1-10,18H,(H,20,21)/b10-9-. The molecule has 106 valence electrons. The number of hydrogen-bond acceptors (Lipinski definition) is 3. The smallest absolute Gasteiger partial charge is 0.335 e. The summed E-state index contributed by atoms with van der Waals surface area (Å²) in [5.74, 6) is -1.65. The number of ketones is 1. The number of carbonyl (C=O) groups excluding carboxylic acids is 1. The number of carbonyl (C=O) groups is 2. The summed E-state index contributed by atoms with van der Waals surface area (Å²) in [7, 11) is 0. The lowest BCUT2D eigenvalue weighted by atomic mass is 10.1. The fourth-order valence-electron chi connectivity index (χ4n) is 1.63. The minimum absolute atomic E-state index is 0.187. The molecule has 0 spiro atoms. The fourth-order valence-corrected chi connectivity index (χ4v) is 1.63. The van der Waals surface area contributed by atoms with Crippen LogP contribution in [0.25, 0.3) is 0 Å². The minimum Gasteiger partial charge on any atom is -0.478 e. The third-order valence-electron chi connectivity index (χ3n) is 2.75. The maximum atomic E-state index is 12.7. The van der Waals surface area contributed by atoms with E-state index in [2.05, 4.69) is 5.32 Å². The van der Waals surface area contributed by atoms with Crippen LogP contribution >= 0.6 is 0 Å². The van der Waals surface area contributed by atoms with Crippen molar-refractivity contribution < 1.29 is 19.1 Å². The molecule has 2 aromatic carbocycles. The molecule has 0 amide bonds. The second kappa shape index (κ2) is 6.47. The van der Waals surface area contributed by atoms with E-state index in [0.29, 0.717) is 11.3 Å². The molecule has 2 N–H and O–H groups in total. The first kappa shape index (κ1) is 14.5. The molecular formula is C16H12FNO3. The largest absolute Gasteiger partial charge is 0.478 e. The highest BCUT2D eigenvalue weighted by Crippen LogP contribution is 2.10. The number of rotatable bonds is 5. The number of hydrogen-bond donors (Lipinski definition) is 2. The molecule has 4 nitrogen and oxygen atoms in total. The Morgan fingerprint density at radius 3 is 2.10 bits per heavy atom. The van der Waals surface area contributed by atoms with Crippen LogP contribution in [0.1, 0.15) is 20.7 Å². The molecule has 0 aromatic heterocycles. The predicted octanol–water partition coefficient (Wildman–Crippen LogP) is 3.33. The van der Waals surface area contributed by atoms with E-state index < -0.39 is 11.8 Å². The van der Waals surface area contributed by atoms with Gasteiger partial charge in [0.05, 0.1) is 5.56 Å². The van der Waals surface area contributed by atoms with Gasteiger partial charge in [0.2, 0.25) is 0 Å². The zero-order valence-electron chi connectivity index (χ0n) is 10.9. The van der Waals surface area contributed by atoms with Gasteiger partial charge in [-0.15, -0.1) is 0 Å². The maximum absolute atomic E-state index is 12.7. The fraction of sp³-hybridized carbons (Fsp3) is 0. The van der Waals surface area contributed by atoms with Crippen LogP contribution in [0.3, 0.4) is 0 Å². The van der Waals surface area contributed by atoms with Gasteiger partial charge in [-0.1, -0.05) is 0 Å². The van der Waals surface area contributed by atoms with E-state index in [-0.39, 0.29) is 11.3 Å². The molecule has 2 rings (SSSR count). The molecule has 0 aliphatic heterocycles. The number of allylic oxidation sites excluding steroid dienone is 1. The van der Waals surface area contributed by atoms with Crippen LogP contribution < -0.4 is 5.32 Å². The minimum atomic E-state index is -0.997. The molecule has 5 heteroatoms. The Bertz CT molecular complexity index is 676. The Kier molecular flexibility index (Phi) is 4.46. The van der Waals surface area contributed by atoms with E-state index in [1.165, 1.54) is 48.7 Å². The van der Waals surface area contributed by atoms with Gasteiger partial charge in [-0.05, 0) is 48.5 Å². The number of nitrogens with one attached hydrogen (secondary N) is 1. The van der Waals surface area contributed by atoms with Crippen LogP contribution in [0.5, 0.6) is 0 Å². The van der Waals surface area contributed by atoms with Crippen molar-refractivity contribution in [1.29, 1.82) is 0 Å². The van der Waals surface area contributed by atoms with Gasteiger partial charge in [-0.2, -0.15) is 0 Å². The van der Waals surface area contributed by atoms with E-state index in [1.807, 2.05) is 0 Å². The van der Waals surface area contributed by atoms with Crippen LogP contribution in [0.4, 0.5) is 10.1 Å². The second-order valence-corrected chi connectivity index (χ2v) is 4.23. The summed E-state index contributed by atoms with van der Waals surface area (Å²) in [6, 6.07) is 11.4. The summed E-state index contributed by atoms with van der Waals surface area (Å²) in [6.45, 7) is 0. The van der Waals surface area contributed by atoms with E-state index in [4.69, 9.17) is 5.11 Å². The van der Waals surface area contributed by atoms with Crippen LogP contribution in [-0.4, -0.2) is 16.9 Å². The monoisotopic (exact) mass is 285 g/mol. The molecule has 0 atom stereocenters. The molecule has 0 radical (unpaired) electrons. The zero-order valence-corrected chi connectivity index (χ0v) is 10.9. The molecule has 21 heavy (non-hydrogen) atoms. The highest BCUT2D eigenvalue weighted by Gasteiger charge is 2.02. The average molecular weight is 285 g/mol. The quantitative estimate of drug-likeness (QED) is 0.653. The Hall–Kier alpha value is -2.95. The third-order valence-corrected chi connectivity index (χ3v) is 2.75. The van der Waals surface area contributed by atoms with Crippen molar-refractivity contribution in [3.05, 3.63) is 77.8 Å². The van der Waals surface area contributed by atoms with Crippen molar-refractivity contribution in [2.24, 2.45) is 0 Å². The predicted molar refractivity (Wildman–Crippen MR) is 76.9 cm³/mol. The molecule has 0 aliphatic rings. The molecule has 0 saturated heterocycles. The van der Waals surface area contributed by atoms with Crippen LogP contribution in [0.15, 0.2) is 60.8 Å². The van der Waals surface area contributed by atoms with E-state index in [0.717, 1.165) is 0 Å². The summed E-state index contributed by atoms with van der Waals surface area (Å²) in [4.78, 5) is 22.5. The molecule has 0 bridgehead atoms. The first-order valence-electron chi connectivity index (χ1n) is 6.12. The van der Waals surface area contributed by atoms with Gasteiger partial charge in [0.25, 0.3) is 0 Å². The number of carboxylic acids is 1. The SMILES string of the molecule is O=C(O)c1ccc(N/C=C\C(=O)c2ccc(F)cc2)cc1. The normalized spacial score (nSPS) is 10.5. The number of halogens is 1. The van der Waals surface area contributed by atoms with E-state index >= 15 is 0 Å². The molecule has 2 aromatic rings. The van der Waals surface area contributed by atoms with Crippen molar-refractivity contribution >= 4 is 17.4 Å². The van der Waals surface area contributed by atoms with Crippen LogP contribution in [0, 0.1) is 5.82 Å². The van der Waals surface area contributed by atoms with Gasteiger partial charge in [-0.3, -0.25) is 4.79 Å². The van der Waals surface area contributed by atoms with Crippen molar-refractivity contribution in [3.63, 3.8) is 0 Å². The first-order chi connectivity index (χ1) is 10.1.